The van der Waals surface area contributed by atoms with Crippen LogP contribution in [-0.2, 0) is 7.05 Å². The van der Waals surface area contributed by atoms with Crippen LogP contribution in [0.4, 0.5) is 4.39 Å². The van der Waals surface area contributed by atoms with Crippen LogP contribution in [0.3, 0.4) is 0 Å². The van der Waals surface area contributed by atoms with Gasteiger partial charge in [-0.15, -0.1) is 0 Å². The molecular formula is C27H21FN6O3. The maximum absolute atomic E-state index is 13.4. The maximum Gasteiger partial charge on any atom is 0.290 e. The van der Waals surface area contributed by atoms with Gasteiger partial charge in [-0.25, -0.2) is 13.8 Å². The topological polar surface area (TPSA) is 111 Å². The van der Waals surface area contributed by atoms with Gasteiger partial charge in [0.1, 0.15) is 11.5 Å². The van der Waals surface area contributed by atoms with Crippen LogP contribution < -0.4 is 16.4 Å². The monoisotopic (exact) mass is 496 g/mol. The number of hydrazine groups is 1. The second-order valence-electron chi connectivity index (χ2n) is 8.41. The molecule has 0 unspecified atom stereocenters. The van der Waals surface area contributed by atoms with Crippen LogP contribution in [0, 0.1) is 12.7 Å². The van der Waals surface area contributed by atoms with E-state index < -0.39 is 17.6 Å². The molecule has 2 heterocycles. The smallest absolute Gasteiger partial charge is 0.267 e. The summed E-state index contributed by atoms with van der Waals surface area (Å²) in [5.74, 6) is -1.70. The average Bonchev–Trinajstić information content (AvgIpc) is 3.35. The highest BCUT2D eigenvalue weighted by atomic mass is 19.1. The van der Waals surface area contributed by atoms with Crippen molar-refractivity contribution in [3.05, 3.63) is 112 Å². The number of halogens is 1. The van der Waals surface area contributed by atoms with Crippen molar-refractivity contribution in [3.8, 4) is 16.9 Å². The maximum atomic E-state index is 13.4. The number of benzene rings is 3. The number of nitrogens with zero attached hydrogens (tertiary/aromatic N) is 4. The van der Waals surface area contributed by atoms with Gasteiger partial charge in [-0.2, -0.15) is 10.2 Å². The number of carbonyl (C=O) groups excluding carboxylic acids is 2. The molecule has 0 atom stereocenters. The number of rotatable bonds is 4. The molecule has 0 saturated carbocycles. The van der Waals surface area contributed by atoms with Gasteiger partial charge in [-0.1, -0.05) is 48.0 Å². The number of nitrogens with one attached hydrogen (secondary N) is 2. The predicted molar refractivity (Wildman–Crippen MR) is 136 cm³/mol. The van der Waals surface area contributed by atoms with Crippen LogP contribution in [0.1, 0.15) is 26.4 Å². The number of carbonyl (C=O) groups is 2. The fourth-order valence-electron chi connectivity index (χ4n) is 3.90. The molecule has 2 aromatic heterocycles. The summed E-state index contributed by atoms with van der Waals surface area (Å²) in [5.41, 5.74) is 7.28. The SMILES string of the molecule is Cc1ccc(-c2nn(-c3ccc(F)cc3)cc2C(=O)NNC(=O)c2nn(C)c(=O)c3ccccc23)cc1. The molecule has 0 bridgehead atoms. The quantitative estimate of drug-likeness (QED) is 0.371. The summed E-state index contributed by atoms with van der Waals surface area (Å²) in [7, 11) is 1.45. The molecule has 9 nitrogen and oxygen atoms in total. The number of hydrogen-bond donors (Lipinski definition) is 2. The molecule has 10 heteroatoms. The van der Waals surface area contributed by atoms with Gasteiger partial charge in [0.25, 0.3) is 17.4 Å². The van der Waals surface area contributed by atoms with E-state index >= 15 is 0 Å². The minimum Gasteiger partial charge on any atom is -0.267 e. The minimum atomic E-state index is -0.692. The van der Waals surface area contributed by atoms with E-state index in [2.05, 4.69) is 21.0 Å². The lowest BCUT2D eigenvalue weighted by Crippen LogP contribution is -2.42. The minimum absolute atomic E-state index is 0.0150. The number of hydrogen-bond acceptors (Lipinski definition) is 5. The zero-order valence-electron chi connectivity index (χ0n) is 19.9. The first-order chi connectivity index (χ1) is 17.8. The molecule has 5 aromatic rings. The first kappa shape index (κ1) is 23.6. The zero-order chi connectivity index (χ0) is 26.1. The van der Waals surface area contributed by atoms with Gasteiger partial charge >= 0.3 is 0 Å². The average molecular weight is 497 g/mol. The van der Waals surface area contributed by atoms with Crippen LogP contribution >= 0.6 is 0 Å². The Bertz CT molecular complexity index is 1710. The summed E-state index contributed by atoms with van der Waals surface area (Å²) in [4.78, 5) is 38.5. The van der Waals surface area contributed by atoms with Gasteiger partial charge in [-0.05, 0) is 37.3 Å². The Labute approximate surface area is 210 Å². The van der Waals surface area contributed by atoms with E-state index in [0.717, 1.165) is 10.2 Å². The van der Waals surface area contributed by atoms with Crippen LogP contribution in [0.25, 0.3) is 27.7 Å². The number of aryl methyl sites for hydroxylation is 2. The zero-order valence-corrected chi connectivity index (χ0v) is 19.9. The highest BCUT2D eigenvalue weighted by Gasteiger charge is 2.21. The van der Waals surface area contributed by atoms with Gasteiger partial charge in [0, 0.05) is 24.2 Å². The van der Waals surface area contributed by atoms with Crippen LogP contribution in [0.15, 0.2) is 83.8 Å². The van der Waals surface area contributed by atoms with Crippen molar-refractivity contribution in [2.75, 3.05) is 0 Å². The van der Waals surface area contributed by atoms with E-state index in [1.807, 2.05) is 31.2 Å². The lowest BCUT2D eigenvalue weighted by molar-refractivity contribution is 0.0844. The number of amides is 2. The molecule has 2 N–H and O–H groups in total. The predicted octanol–water partition coefficient (Wildman–Crippen LogP) is 3.31. The van der Waals surface area contributed by atoms with Crippen molar-refractivity contribution in [2.45, 2.75) is 6.92 Å². The molecule has 2 amide bonds. The summed E-state index contributed by atoms with van der Waals surface area (Å²) < 4.78 is 16.0. The van der Waals surface area contributed by atoms with Gasteiger partial charge in [0.2, 0.25) is 0 Å². The highest BCUT2D eigenvalue weighted by molar-refractivity contribution is 6.06. The molecular weight excluding hydrogens is 475 g/mol. The van der Waals surface area contributed by atoms with E-state index in [1.165, 1.54) is 30.1 Å². The number of aromatic nitrogens is 4. The van der Waals surface area contributed by atoms with Crippen molar-refractivity contribution >= 4 is 22.6 Å². The molecule has 0 aliphatic carbocycles. The largest absolute Gasteiger partial charge is 0.290 e. The second-order valence-corrected chi connectivity index (χ2v) is 8.41. The fraction of sp³-hybridized carbons (Fsp3) is 0.0741. The Morgan fingerprint density at radius 1 is 0.838 bits per heavy atom. The second kappa shape index (κ2) is 9.50. The molecule has 5 rings (SSSR count). The Balaban J connectivity index is 1.46. The van der Waals surface area contributed by atoms with Crippen molar-refractivity contribution < 1.29 is 14.0 Å². The molecule has 0 aliphatic rings. The van der Waals surface area contributed by atoms with E-state index in [1.54, 1.807) is 36.4 Å². The Hall–Kier alpha value is -5.12. The van der Waals surface area contributed by atoms with Crippen molar-refractivity contribution in [3.63, 3.8) is 0 Å². The fourth-order valence-corrected chi connectivity index (χ4v) is 3.90. The lowest BCUT2D eigenvalue weighted by atomic mass is 10.1. The van der Waals surface area contributed by atoms with Gasteiger partial charge in [0.05, 0.1) is 16.6 Å². The third kappa shape index (κ3) is 4.59. The Morgan fingerprint density at radius 3 is 2.19 bits per heavy atom. The van der Waals surface area contributed by atoms with Crippen LogP contribution in [0.5, 0.6) is 0 Å². The first-order valence-corrected chi connectivity index (χ1v) is 11.3. The molecule has 3 aromatic carbocycles. The first-order valence-electron chi connectivity index (χ1n) is 11.3. The molecule has 184 valence electrons. The third-order valence-corrected chi connectivity index (χ3v) is 5.84. The van der Waals surface area contributed by atoms with Crippen LogP contribution in [0.2, 0.25) is 0 Å². The summed E-state index contributed by atoms with van der Waals surface area (Å²) in [6.45, 7) is 1.95. The molecule has 37 heavy (non-hydrogen) atoms. The highest BCUT2D eigenvalue weighted by Crippen LogP contribution is 2.24. The van der Waals surface area contributed by atoms with Crippen LogP contribution in [-0.4, -0.2) is 31.4 Å². The van der Waals surface area contributed by atoms with E-state index in [-0.39, 0.29) is 16.8 Å². The molecule has 0 fully saturated rings. The molecule has 0 aliphatic heterocycles. The van der Waals surface area contributed by atoms with Crippen molar-refractivity contribution in [1.29, 1.82) is 0 Å². The third-order valence-electron chi connectivity index (χ3n) is 5.84. The van der Waals surface area contributed by atoms with Gasteiger partial charge in [0.15, 0.2) is 5.69 Å². The van der Waals surface area contributed by atoms with Gasteiger partial charge < -0.3 is 0 Å². The van der Waals surface area contributed by atoms with E-state index in [0.29, 0.717) is 27.7 Å². The van der Waals surface area contributed by atoms with Gasteiger partial charge in [-0.3, -0.25) is 25.2 Å². The summed E-state index contributed by atoms with van der Waals surface area (Å²) in [6.07, 6.45) is 1.50. The van der Waals surface area contributed by atoms with E-state index in [9.17, 15) is 18.8 Å². The number of fused-ring (bicyclic) bond motifs is 1. The van der Waals surface area contributed by atoms with Crippen molar-refractivity contribution in [2.24, 2.45) is 7.05 Å². The van der Waals surface area contributed by atoms with Crippen molar-refractivity contribution in [1.82, 2.24) is 30.4 Å². The summed E-state index contributed by atoms with van der Waals surface area (Å²) in [5, 5.41) is 9.31. The Kier molecular flexibility index (Phi) is 6.06. The molecule has 0 spiro atoms. The standard InChI is InChI=1S/C27H21FN6O3/c1-16-7-9-17(10-8-16)23-22(15-34(32-23)19-13-11-18(28)12-14-19)25(35)29-30-26(36)24-20-5-3-4-6-21(20)27(37)33(2)31-24/h3-15H,1-2H3,(H,29,35)(H,30,36). The molecule has 0 radical (unpaired) electrons. The molecule has 0 saturated heterocycles. The normalized spacial score (nSPS) is 10.9. The summed E-state index contributed by atoms with van der Waals surface area (Å²) >= 11 is 0. The Morgan fingerprint density at radius 2 is 1.49 bits per heavy atom. The summed E-state index contributed by atoms with van der Waals surface area (Å²) in [6, 6.07) is 19.7. The lowest BCUT2D eigenvalue weighted by Gasteiger charge is -2.10. The van der Waals surface area contributed by atoms with E-state index in [4.69, 9.17) is 0 Å².